The van der Waals surface area contributed by atoms with Gasteiger partial charge in [-0.15, -0.1) is 0 Å². The molecule has 4 heteroatoms. The van der Waals surface area contributed by atoms with Crippen LogP contribution in [-0.2, 0) is 4.79 Å². The Kier molecular flexibility index (Phi) is 3.34. The van der Waals surface area contributed by atoms with E-state index in [4.69, 9.17) is 0 Å². The summed E-state index contributed by atoms with van der Waals surface area (Å²) in [7, 11) is 0. The number of rotatable bonds is 1. The van der Waals surface area contributed by atoms with Gasteiger partial charge in [-0.05, 0) is 12.2 Å². The SMILES string of the molecule is CC1CNCCN(C2CCSC2)C1=O. The van der Waals surface area contributed by atoms with E-state index in [1.165, 1.54) is 12.2 Å². The van der Waals surface area contributed by atoms with E-state index in [-0.39, 0.29) is 5.92 Å². The zero-order valence-corrected chi connectivity index (χ0v) is 9.48. The Morgan fingerprint density at radius 2 is 2.43 bits per heavy atom. The second-order valence-corrected chi connectivity index (χ2v) is 5.30. The highest BCUT2D eigenvalue weighted by molar-refractivity contribution is 7.99. The molecular formula is C10H18N2OS. The highest BCUT2D eigenvalue weighted by atomic mass is 32.2. The summed E-state index contributed by atoms with van der Waals surface area (Å²) in [5, 5.41) is 3.31. The third-order valence-corrected chi connectivity index (χ3v) is 4.18. The Bertz CT molecular complexity index is 216. The maximum Gasteiger partial charge on any atom is 0.227 e. The lowest BCUT2D eigenvalue weighted by molar-refractivity contribution is -0.135. The molecule has 2 rings (SSSR count). The van der Waals surface area contributed by atoms with Crippen molar-refractivity contribution < 1.29 is 4.79 Å². The summed E-state index contributed by atoms with van der Waals surface area (Å²) in [6.07, 6.45) is 1.18. The molecule has 80 valence electrons. The molecule has 1 N–H and O–H groups in total. The van der Waals surface area contributed by atoms with E-state index in [1.54, 1.807) is 0 Å². The zero-order chi connectivity index (χ0) is 9.97. The van der Waals surface area contributed by atoms with Crippen molar-refractivity contribution in [1.82, 2.24) is 10.2 Å². The molecule has 0 saturated carbocycles. The van der Waals surface area contributed by atoms with Crippen LogP contribution in [0.2, 0.25) is 0 Å². The second-order valence-electron chi connectivity index (χ2n) is 4.15. The quantitative estimate of drug-likeness (QED) is 0.692. The fraction of sp³-hybridized carbons (Fsp3) is 0.900. The van der Waals surface area contributed by atoms with Crippen molar-refractivity contribution in [3.8, 4) is 0 Å². The van der Waals surface area contributed by atoms with Crippen molar-refractivity contribution in [3.63, 3.8) is 0 Å². The molecule has 1 amide bonds. The van der Waals surface area contributed by atoms with Crippen LogP contribution in [0.4, 0.5) is 0 Å². The largest absolute Gasteiger partial charge is 0.337 e. The average Bonchev–Trinajstić information content (AvgIpc) is 2.64. The highest BCUT2D eigenvalue weighted by Gasteiger charge is 2.30. The lowest BCUT2D eigenvalue weighted by Crippen LogP contribution is -2.43. The van der Waals surface area contributed by atoms with E-state index in [0.717, 1.165) is 25.4 Å². The van der Waals surface area contributed by atoms with Gasteiger partial charge in [0, 0.05) is 37.3 Å². The summed E-state index contributed by atoms with van der Waals surface area (Å²) in [6, 6.07) is 0.509. The second kappa shape index (κ2) is 4.53. The van der Waals surface area contributed by atoms with Gasteiger partial charge in [-0.1, -0.05) is 6.92 Å². The van der Waals surface area contributed by atoms with Gasteiger partial charge in [-0.2, -0.15) is 11.8 Å². The summed E-state index contributed by atoms with van der Waals surface area (Å²) in [5.74, 6) is 2.86. The van der Waals surface area contributed by atoms with Gasteiger partial charge in [0.2, 0.25) is 5.91 Å². The first-order valence-corrected chi connectivity index (χ1v) is 6.53. The lowest BCUT2D eigenvalue weighted by Gasteiger charge is -2.28. The molecule has 2 unspecified atom stereocenters. The van der Waals surface area contributed by atoms with Gasteiger partial charge in [0.15, 0.2) is 0 Å². The first-order valence-electron chi connectivity index (χ1n) is 5.38. The predicted octanol–water partition coefficient (Wildman–Crippen LogP) is 0.560. The fourth-order valence-electron chi connectivity index (χ4n) is 2.13. The van der Waals surface area contributed by atoms with Crippen LogP contribution in [0, 0.1) is 5.92 Å². The molecule has 0 radical (unpaired) electrons. The van der Waals surface area contributed by atoms with Crippen LogP contribution in [0.5, 0.6) is 0 Å². The number of amides is 1. The first-order chi connectivity index (χ1) is 6.79. The first kappa shape index (κ1) is 10.3. The van der Waals surface area contributed by atoms with Crippen molar-refractivity contribution in [1.29, 1.82) is 0 Å². The molecule has 0 spiro atoms. The molecule has 2 atom stereocenters. The maximum absolute atomic E-state index is 12.0. The normalized spacial score (nSPS) is 34.6. The smallest absolute Gasteiger partial charge is 0.227 e. The molecule has 0 aliphatic carbocycles. The average molecular weight is 214 g/mol. The molecule has 2 saturated heterocycles. The third kappa shape index (κ3) is 2.06. The van der Waals surface area contributed by atoms with Crippen LogP contribution in [0.25, 0.3) is 0 Å². The monoisotopic (exact) mass is 214 g/mol. The van der Waals surface area contributed by atoms with Crippen molar-refractivity contribution >= 4 is 17.7 Å². The summed E-state index contributed by atoms with van der Waals surface area (Å²) in [5.41, 5.74) is 0. The Balaban J connectivity index is 2.03. The molecule has 3 nitrogen and oxygen atoms in total. The van der Waals surface area contributed by atoms with E-state index >= 15 is 0 Å². The van der Waals surface area contributed by atoms with Crippen LogP contribution < -0.4 is 5.32 Å². The summed E-state index contributed by atoms with van der Waals surface area (Å²) in [6.45, 7) is 4.72. The van der Waals surface area contributed by atoms with E-state index in [9.17, 15) is 4.79 Å². The van der Waals surface area contributed by atoms with Gasteiger partial charge in [0.1, 0.15) is 0 Å². The molecule has 2 heterocycles. The Hall–Kier alpha value is -0.220. The molecular weight excluding hydrogens is 196 g/mol. The van der Waals surface area contributed by atoms with Crippen LogP contribution in [0.3, 0.4) is 0 Å². The predicted molar refractivity (Wildman–Crippen MR) is 59.5 cm³/mol. The summed E-state index contributed by atoms with van der Waals surface area (Å²) in [4.78, 5) is 14.1. The van der Waals surface area contributed by atoms with Crippen LogP contribution >= 0.6 is 11.8 Å². The van der Waals surface area contributed by atoms with Gasteiger partial charge in [0.05, 0.1) is 0 Å². The summed E-state index contributed by atoms with van der Waals surface area (Å²) < 4.78 is 0. The number of hydrogen-bond acceptors (Lipinski definition) is 3. The minimum absolute atomic E-state index is 0.156. The number of thioether (sulfide) groups is 1. The fourth-order valence-corrected chi connectivity index (χ4v) is 3.35. The topological polar surface area (TPSA) is 32.3 Å². The van der Waals surface area contributed by atoms with Crippen LogP contribution in [-0.4, -0.2) is 48.0 Å². The Morgan fingerprint density at radius 3 is 3.14 bits per heavy atom. The van der Waals surface area contributed by atoms with E-state index in [0.29, 0.717) is 11.9 Å². The van der Waals surface area contributed by atoms with E-state index < -0.39 is 0 Å². The number of carbonyl (C=O) groups excluding carboxylic acids is 1. The molecule has 2 fully saturated rings. The molecule has 0 aromatic carbocycles. The zero-order valence-electron chi connectivity index (χ0n) is 8.66. The number of nitrogens with zero attached hydrogens (tertiary/aromatic N) is 1. The van der Waals surface area contributed by atoms with Crippen molar-refractivity contribution in [2.45, 2.75) is 19.4 Å². The molecule has 2 aliphatic heterocycles. The van der Waals surface area contributed by atoms with Crippen molar-refractivity contribution in [2.24, 2.45) is 5.92 Å². The minimum Gasteiger partial charge on any atom is -0.337 e. The van der Waals surface area contributed by atoms with E-state index in [1.807, 2.05) is 18.7 Å². The van der Waals surface area contributed by atoms with Crippen molar-refractivity contribution in [2.75, 3.05) is 31.1 Å². The van der Waals surface area contributed by atoms with E-state index in [2.05, 4.69) is 10.2 Å². The molecule has 2 aliphatic rings. The van der Waals surface area contributed by atoms with Gasteiger partial charge in [0.25, 0.3) is 0 Å². The molecule has 14 heavy (non-hydrogen) atoms. The maximum atomic E-state index is 12.0. The number of hydrogen-bond donors (Lipinski definition) is 1. The molecule has 0 bridgehead atoms. The minimum atomic E-state index is 0.156. The Labute approximate surface area is 89.6 Å². The Morgan fingerprint density at radius 1 is 1.57 bits per heavy atom. The lowest BCUT2D eigenvalue weighted by atomic mass is 10.1. The molecule has 0 aromatic rings. The van der Waals surface area contributed by atoms with Crippen LogP contribution in [0.15, 0.2) is 0 Å². The number of nitrogens with one attached hydrogen (secondary N) is 1. The van der Waals surface area contributed by atoms with Gasteiger partial charge in [-0.25, -0.2) is 0 Å². The van der Waals surface area contributed by atoms with Gasteiger partial charge >= 0.3 is 0 Å². The molecule has 0 aromatic heterocycles. The van der Waals surface area contributed by atoms with Gasteiger partial charge < -0.3 is 10.2 Å². The third-order valence-electron chi connectivity index (χ3n) is 3.03. The van der Waals surface area contributed by atoms with Crippen LogP contribution in [0.1, 0.15) is 13.3 Å². The van der Waals surface area contributed by atoms with Gasteiger partial charge in [-0.3, -0.25) is 4.79 Å². The highest BCUT2D eigenvalue weighted by Crippen LogP contribution is 2.23. The standard InChI is InChI=1S/C10H18N2OS/c1-8-6-11-3-4-12(10(8)13)9-2-5-14-7-9/h8-9,11H,2-7H2,1H3. The van der Waals surface area contributed by atoms with Crippen molar-refractivity contribution in [3.05, 3.63) is 0 Å². The number of carbonyl (C=O) groups is 1. The summed E-state index contributed by atoms with van der Waals surface area (Å²) >= 11 is 1.97.